The van der Waals surface area contributed by atoms with Gasteiger partial charge >= 0.3 is 0 Å². The second-order valence-corrected chi connectivity index (χ2v) is 5.06. The van der Waals surface area contributed by atoms with E-state index in [9.17, 15) is 5.11 Å². The summed E-state index contributed by atoms with van der Waals surface area (Å²) in [4.78, 5) is 8.53. The molecule has 0 radical (unpaired) electrons. The first-order valence-electron chi connectivity index (χ1n) is 6.61. The van der Waals surface area contributed by atoms with E-state index in [4.69, 9.17) is 4.74 Å². The van der Waals surface area contributed by atoms with Crippen molar-refractivity contribution in [2.45, 2.75) is 33.3 Å². The molecule has 1 N–H and O–H groups in total. The molecule has 1 unspecified atom stereocenters. The number of aliphatic hydroxyl groups excluding tert-OH is 1. The molecule has 2 aromatic rings. The third-order valence-electron chi connectivity index (χ3n) is 3.42. The summed E-state index contributed by atoms with van der Waals surface area (Å²) >= 11 is 0. The average Bonchev–Trinajstić information content (AvgIpc) is 2.42. The summed E-state index contributed by atoms with van der Waals surface area (Å²) < 4.78 is 5.39. The van der Waals surface area contributed by atoms with Gasteiger partial charge in [-0.25, -0.2) is 0 Å². The van der Waals surface area contributed by atoms with E-state index in [1.807, 2.05) is 26.8 Å². The van der Waals surface area contributed by atoms with Crippen molar-refractivity contribution in [1.29, 1.82) is 0 Å². The zero-order valence-corrected chi connectivity index (χ0v) is 12.3. The summed E-state index contributed by atoms with van der Waals surface area (Å²) in [6, 6.07) is 1.94. The molecule has 0 bridgehead atoms. The summed E-state index contributed by atoms with van der Waals surface area (Å²) in [6.45, 7) is 5.89. The van der Waals surface area contributed by atoms with E-state index in [2.05, 4.69) is 9.97 Å². The molecule has 20 heavy (non-hydrogen) atoms. The fraction of sp³-hybridized carbons (Fsp3) is 0.375. The molecular formula is C16H20N2O2. The lowest BCUT2D eigenvalue weighted by atomic mass is 10.0. The first-order valence-corrected chi connectivity index (χ1v) is 6.61. The van der Waals surface area contributed by atoms with Crippen molar-refractivity contribution in [3.63, 3.8) is 0 Å². The zero-order valence-electron chi connectivity index (χ0n) is 12.3. The summed E-state index contributed by atoms with van der Waals surface area (Å²) in [5.74, 6) is 0.838. The summed E-state index contributed by atoms with van der Waals surface area (Å²) in [6.07, 6.45) is 5.09. The van der Waals surface area contributed by atoms with Crippen LogP contribution < -0.4 is 4.74 Å². The third-order valence-corrected chi connectivity index (χ3v) is 3.42. The maximum absolute atomic E-state index is 10.3. The highest BCUT2D eigenvalue weighted by Crippen LogP contribution is 2.27. The first-order chi connectivity index (χ1) is 9.52. The van der Waals surface area contributed by atoms with Gasteiger partial charge in [-0.05, 0) is 31.9 Å². The second kappa shape index (κ2) is 6.01. The van der Waals surface area contributed by atoms with Crippen LogP contribution in [0.2, 0.25) is 0 Å². The molecule has 0 aromatic carbocycles. The van der Waals surface area contributed by atoms with Gasteiger partial charge in [0.1, 0.15) is 5.75 Å². The Bertz CT molecular complexity index is 611. The number of pyridine rings is 2. The molecule has 1 atom stereocenters. The van der Waals surface area contributed by atoms with Crippen LogP contribution in [0.4, 0.5) is 0 Å². The summed E-state index contributed by atoms with van der Waals surface area (Å²) in [5, 5.41) is 10.3. The Balaban J connectivity index is 2.26. The molecule has 4 nitrogen and oxygen atoms in total. The minimum atomic E-state index is -0.610. The fourth-order valence-corrected chi connectivity index (χ4v) is 2.34. The lowest BCUT2D eigenvalue weighted by Gasteiger charge is -2.15. The molecule has 0 fully saturated rings. The maximum atomic E-state index is 10.3. The standard InChI is InChI=1S/C16H20N2O2/c1-10-5-13(9-17-7-10)15(19)6-14-12(3)16(20-4)11(2)8-18-14/h5,7-9,15,19H,6H2,1-4H3. The highest BCUT2D eigenvalue weighted by Gasteiger charge is 2.15. The Kier molecular flexibility index (Phi) is 4.35. The van der Waals surface area contributed by atoms with Crippen LogP contribution >= 0.6 is 0 Å². The molecule has 0 spiro atoms. The normalized spacial score (nSPS) is 12.2. The Hall–Kier alpha value is -1.94. The van der Waals surface area contributed by atoms with Crippen molar-refractivity contribution >= 4 is 0 Å². The number of aromatic nitrogens is 2. The van der Waals surface area contributed by atoms with Crippen molar-refractivity contribution in [2.24, 2.45) is 0 Å². The Morgan fingerprint density at radius 3 is 2.60 bits per heavy atom. The van der Waals surface area contributed by atoms with Crippen LogP contribution in [-0.2, 0) is 6.42 Å². The molecule has 106 valence electrons. The molecule has 2 aromatic heterocycles. The van der Waals surface area contributed by atoms with Crippen molar-refractivity contribution in [3.05, 3.63) is 52.6 Å². The molecule has 0 saturated heterocycles. The number of rotatable bonds is 4. The second-order valence-electron chi connectivity index (χ2n) is 5.06. The minimum absolute atomic E-state index is 0.452. The van der Waals surface area contributed by atoms with Crippen LogP contribution in [0.1, 0.15) is 34.1 Å². The van der Waals surface area contributed by atoms with Gasteiger partial charge in [0.05, 0.1) is 13.2 Å². The fourth-order valence-electron chi connectivity index (χ4n) is 2.34. The average molecular weight is 272 g/mol. The van der Waals surface area contributed by atoms with E-state index in [-0.39, 0.29) is 0 Å². The highest BCUT2D eigenvalue weighted by atomic mass is 16.5. The van der Waals surface area contributed by atoms with E-state index in [0.717, 1.165) is 33.7 Å². The largest absolute Gasteiger partial charge is 0.496 e. The van der Waals surface area contributed by atoms with E-state index in [0.29, 0.717) is 6.42 Å². The molecule has 4 heteroatoms. The number of methoxy groups -OCH3 is 1. The van der Waals surface area contributed by atoms with Crippen molar-refractivity contribution in [3.8, 4) is 5.75 Å². The monoisotopic (exact) mass is 272 g/mol. The van der Waals surface area contributed by atoms with Crippen LogP contribution in [0.5, 0.6) is 5.75 Å². The topological polar surface area (TPSA) is 55.2 Å². The van der Waals surface area contributed by atoms with E-state index in [1.54, 1.807) is 25.7 Å². The third kappa shape index (κ3) is 2.96. The quantitative estimate of drug-likeness (QED) is 0.929. The number of ether oxygens (including phenoxy) is 1. The number of aliphatic hydroxyl groups is 1. The van der Waals surface area contributed by atoms with Gasteiger partial charge in [-0.15, -0.1) is 0 Å². The summed E-state index contributed by atoms with van der Waals surface area (Å²) in [7, 11) is 1.65. The first kappa shape index (κ1) is 14.5. The summed E-state index contributed by atoms with van der Waals surface area (Å²) in [5.41, 5.74) is 4.67. The van der Waals surface area contributed by atoms with Gasteiger partial charge in [0.15, 0.2) is 0 Å². The zero-order chi connectivity index (χ0) is 14.7. The predicted molar refractivity (Wildman–Crippen MR) is 77.9 cm³/mol. The number of nitrogens with zero attached hydrogens (tertiary/aromatic N) is 2. The number of hydrogen-bond donors (Lipinski definition) is 1. The van der Waals surface area contributed by atoms with Crippen molar-refractivity contribution in [1.82, 2.24) is 9.97 Å². The van der Waals surface area contributed by atoms with Crippen LogP contribution in [-0.4, -0.2) is 22.2 Å². The minimum Gasteiger partial charge on any atom is -0.496 e. The molecule has 0 amide bonds. The number of aryl methyl sites for hydroxylation is 2. The van der Waals surface area contributed by atoms with E-state index >= 15 is 0 Å². The van der Waals surface area contributed by atoms with Gasteiger partial charge in [-0.2, -0.15) is 0 Å². The number of hydrogen-bond acceptors (Lipinski definition) is 4. The van der Waals surface area contributed by atoms with Gasteiger partial charge in [0.25, 0.3) is 0 Å². The van der Waals surface area contributed by atoms with E-state index in [1.165, 1.54) is 0 Å². The molecular weight excluding hydrogens is 252 g/mol. The maximum Gasteiger partial charge on any atom is 0.128 e. The Labute approximate surface area is 119 Å². The molecule has 2 heterocycles. The van der Waals surface area contributed by atoms with Gasteiger partial charge < -0.3 is 9.84 Å². The Morgan fingerprint density at radius 2 is 1.95 bits per heavy atom. The van der Waals surface area contributed by atoms with Crippen LogP contribution in [0.15, 0.2) is 24.7 Å². The molecule has 0 aliphatic rings. The van der Waals surface area contributed by atoms with E-state index < -0.39 is 6.10 Å². The van der Waals surface area contributed by atoms with Crippen molar-refractivity contribution < 1.29 is 9.84 Å². The lowest BCUT2D eigenvalue weighted by Crippen LogP contribution is -2.07. The Morgan fingerprint density at radius 1 is 1.20 bits per heavy atom. The van der Waals surface area contributed by atoms with Crippen molar-refractivity contribution in [2.75, 3.05) is 7.11 Å². The van der Waals surface area contributed by atoms with Crippen LogP contribution in [0.25, 0.3) is 0 Å². The van der Waals surface area contributed by atoms with Crippen LogP contribution in [0.3, 0.4) is 0 Å². The van der Waals surface area contributed by atoms with Gasteiger partial charge in [0.2, 0.25) is 0 Å². The van der Waals surface area contributed by atoms with Crippen LogP contribution in [0, 0.1) is 20.8 Å². The highest BCUT2D eigenvalue weighted by molar-refractivity contribution is 5.41. The SMILES string of the molecule is COc1c(C)cnc(CC(O)c2cncc(C)c2)c1C. The molecule has 0 aliphatic heterocycles. The van der Waals surface area contributed by atoms with Gasteiger partial charge in [0, 0.05) is 41.8 Å². The smallest absolute Gasteiger partial charge is 0.128 e. The van der Waals surface area contributed by atoms with Gasteiger partial charge in [-0.1, -0.05) is 6.07 Å². The lowest BCUT2D eigenvalue weighted by molar-refractivity contribution is 0.176. The van der Waals surface area contributed by atoms with Gasteiger partial charge in [-0.3, -0.25) is 9.97 Å². The molecule has 0 saturated carbocycles. The predicted octanol–water partition coefficient (Wildman–Crippen LogP) is 2.69. The molecule has 2 rings (SSSR count). The molecule has 0 aliphatic carbocycles.